The molecule has 1 aromatic heterocycles. The van der Waals surface area contributed by atoms with Crippen molar-refractivity contribution in [2.75, 3.05) is 0 Å². The molecule has 0 saturated carbocycles. The molecule has 0 atom stereocenters. The molecule has 16 heavy (non-hydrogen) atoms. The fourth-order valence-corrected chi connectivity index (χ4v) is 1.46. The molecule has 0 amide bonds. The molecule has 2 aromatic rings. The van der Waals surface area contributed by atoms with Crippen LogP contribution in [0.1, 0.15) is 0 Å². The normalized spacial score (nSPS) is 9.50. The highest BCUT2D eigenvalue weighted by Crippen LogP contribution is 2.28. The predicted octanol–water partition coefficient (Wildman–Crippen LogP) is 2.93. The largest absolute Gasteiger partial charge is 0.619 e. The van der Waals surface area contributed by atoms with E-state index in [-0.39, 0.29) is 0 Å². The lowest BCUT2D eigenvalue weighted by atomic mass is 10.1. The quantitative estimate of drug-likeness (QED) is 0.248. The van der Waals surface area contributed by atoms with E-state index in [9.17, 15) is 5.21 Å². The number of nitrogens with zero attached hydrogens (tertiary/aromatic N) is 4. The van der Waals surface area contributed by atoms with Crippen LogP contribution in [0, 0.1) is 5.21 Å². The summed E-state index contributed by atoms with van der Waals surface area (Å²) in [6.45, 7) is 0. The van der Waals surface area contributed by atoms with Gasteiger partial charge in [0.25, 0.3) is 0 Å². The lowest BCUT2D eigenvalue weighted by Crippen LogP contribution is -2.23. The molecule has 0 aliphatic heterocycles. The molecule has 1 aromatic carbocycles. The Morgan fingerprint density at radius 2 is 1.94 bits per heavy atom. The Morgan fingerprint density at radius 1 is 1.19 bits per heavy atom. The maximum Gasteiger partial charge on any atom is 0.190 e. The third kappa shape index (κ3) is 1.94. The van der Waals surface area contributed by atoms with Crippen LogP contribution in [0.15, 0.2) is 53.9 Å². The van der Waals surface area contributed by atoms with Gasteiger partial charge in [0.1, 0.15) is 5.69 Å². The van der Waals surface area contributed by atoms with E-state index in [0.717, 1.165) is 11.1 Å². The maximum absolute atomic E-state index is 11.1. The van der Waals surface area contributed by atoms with Crippen LogP contribution in [0.2, 0.25) is 0 Å². The van der Waals surface area contributed by atoms with E-state index in [1.54, 1.807) is 6.07 Å². The summed E-state index contributed by atoms with van der Waals surface area (Å²) in [6.07, 6.45) is 2.63. The number of hydrogen-bond acceptors (Lipinski definition) is 2. The number of benzene rings is 1. The van der Waals surface area contributed by atoms with Crippen LogP contribution in [0.3, 0.4) is 0 Å². The SMILES string of the molecule is [N-]=[N+]=Nc1c[n+]([O-])ccc1-c1ccccc1. The van der Waals surface area contributed by atoms with E-state index in [1.165, 1.54) is 12.4 Å². The van der Waals surface area contributed by atoms with Crippen molar-refractivity contribution in [2.45, 2.75) is 0 Å². The second-order valence-corrected chi connectivity index (χ2v) is 3.16. The van der Waals surface area contributed by atoms with Gasteiger partial charge in [0.05, 0.1) is 0 Å². The summed E-state index contributed by atoms with van der Waals surface area (Å²) in [5, 5.41) is 14.6. The molecule has 0 N–H and O–H groups in total. The van der Waals surface area contributed by atoms with Gasteiger partial charge in [-0.15, -0.1) is 0 Å². The molecule has 2 rings (SSSR count). The second-order valence-electron chi connectivity index (χ2n) is 3.16. The number of azide groups is 1. The summed E-state index contributed by atoms with van der Waals surface area (Å²) in [5.74, 6) is 0. The van der Waals surface area contributed by atoms with Gasteiger partial charge >= 0.3 is 0 Å². The first-order valence-corrected chi connectivity index (χ1v) is 4.64. The van der Waals surface area contributed by atoms with Gasteiger partial charge in [-0.1, -0.05) is 35.4 Å². The summed E-state index contributed by atoms with van der Waals surface area (Å²) in [4.78, 5) is 2.71. The number of hydrogen-bond donors (Lipinski definition) is 0. The van der Waals surface area contributed by atoms with Crippen molar-refractivity contribution in [3.8, 4) is 11.1 Å². The zero-order chi connectivity index (χ0) is 11.4. The Kier molecular flexibility index (Phi) is 2.71. The molecule has 0 radical (unpaired) electrons. The zero-order valence-corrected chi connectivity index (χ0v) is 8.32. The highest BCUT2D eigenvalue weighted by Gasteiger charge is 2.06. The van der Waals surface area contributed by atoms with Crippen LogP contribution in [-0.4, -0.2) is 0 Å². The van der Waals surface area contributed by atoms with Crippen molar-refractivity contribution in [1.82, 2.24) is 0 Å². The number of pyridine rings is 1. The minimum Gasteiger partial charge on any atom is -0.619 e. The third-order valence-corrected chi connectivity index (χ3v) is 2.15. The summed E-state index contributed by atoms with van der Waals surface area (Å²) >= 11 is 0. The highest BCUT2D eigenvalue weighted by molar-refractivity contribution is 5.74. The first-order chi connectivity index (χ1) is 7.81. The number of aromatic nitrogens is 1. The Hall–Kier alpha value is -2.52. The fourth-order valence-electron chi connectivity index (χ4n) is 1.46. The molecule has 0 bridgehead atoms. The Balaban J connectivity index is 2.61. The molecule has 0 fully saturated rings. The minimum atomic E-state index is 0.325. The average Bonchev–Trinajstić information content (AvgIpc) is 2.31. The van der Waals surface area contributed by atoms with E-state index < -0.39 is 0 Å². The standard InChI is InChI=1S/C11H8N4O/c12-14-13-11-8-15(16)7-6-10(11)9-4-2-1-3-5-9/h1-8H. The first-order valence-electron chi connectivity index (χ1n) is 4.64. The Morgan fingerprint density at radius 3 is 2.62 bits per heavy atom. The van der Waals surface area contributed by atoms with Crippen molar-refractivity contribution in [3.05, 3.63) is 64.4 Å². The average molecular weight is 212 g/mol. The first kappa shape index (κ1) is 10.0. The molecule has 0 aliphatic rings. The van der Waals surface area contributed by atoms with Gasteiger partial charge in [-0.05, 0) is 11.1 Å². The molecule has 5 nitrogen and oxygen atoms in total. The van der Waals surface area contributed by atoms with E-state index in [1.807, 2.05) is 30.3 Å². The monoisotopic (exact) mass is 212 g/mol. The van der Waals surface area contributed by atoms with Gasteiger partial charge in [-0.25, -0.2) is 0 Å². The summed E-state index contributed by atoms with van der Waals surface area (Å²) in [6, 6.07) is 11.1. The molecule has 5 heteroatoms. The molecule has 0 spiro atoms. The summed E-state index contributed by atoms with van der Waals surface area (Å²) in [7, 11) is 0. The molecule has 1 heterocycles. The van der Waals surface area contributed by atoms with Gasteiger partial charge in [-0.2, -0.15) is 4.73 Å². The molecule has 0 aliphatic carbocycles. The van der Waals surface area contributed by atoms with Crippen LogP contribution in [0.25, 0.3) is 21.6 Å². The van der Waals surface area contributed by atoms with E-state index >= 15 is 0 Å². The van der Waals surface area contributed by atoms with Crippen molar-refractivity contribution in [3.63, 3.8) is 0 Å². The molecular formula is C11H8N4O. The van der Waals surface area contributed by atoms with Crippen LogP contribution >= 0.6 is 0 Å². The zero-order valence-electron chi connectivity index (χ0n) is 8.32. The predicted molar refractivity (Wildman–Crippen MR) is 59.6 cm³/mol. The lowest BCUT2D eigenvalue weighted by molar-refractivity contribution is -0.604. The van der Waals surface area contributed by atoms with Crippen molar-refractivity contribution in [2.24, 2.45) is 5.11 Å². The van der Waals surface area contributed by atoms with Crippen molar-refractivity contribution in [1.29, 1.82) is 0 Å². The molecule has 0 saturated heterocycles. The van der Waals surface area contributed by atoms with Crippen molar-refractivity contribution >= 4 is 5.69 Å². The van der Waals surface area contributed by atoms with Crippen LogP contribution < -0.4 is 4.73 Å². The topological polar surface area (TPSA) is 75.7 Å². The number of rotatable bonds is 2. The van der Waals surface area contributed by atoms with Gasteiger partial charge in [-0.3, -0.25) is 0 Å². The van der Waals surface area contributed by atoms with Gasteiger partial charge in [0.15, 0.2) is 12.4 Å². The van der Waals surface area contributed by atoms with E-state index in [0.29, 0.717) is 10.4 Å². The van der Waals surface area contributed by atoms with Crippen LogP contribution in [-0.2, 0) is 0 Å². The smallest absolute Gasteiger partial charge is 0.190 e. The Labute approximate surface area is 91.8 Å². The second kappa shape index (κ2) is 4.33. The van der Waals surface area contributed by atoms with E-state index in [4.69, 9.17) is 5.53 Å². The van der Waals surface area contributed by atoms with Gasteiger partial charge < -0.3 is 5.21 Å². The van der Waals surface area contributed by atoms with E-state index in [2.05, 4.69) is 10.0 Å². The minimum absolute atomic E-state index is 0.325. The lowest BCUT2D eigenvalue weighted by Gasteiger charge is -2.04. The Bertz CT molecular complexity index is 547. The maximum atomic E-state index is 11.1. The fraction of sp³-hybridized carbons (Fsp3) is 0. The molecule has 0 unspecified atom stereocenters. The van der Waals surface area contributed by atoms with Gasteiger partial charge in [0, 0.05) is 16.5 Å². The van der Waals surface area contributed by atoms with Crippen LogP contribution in [0.5, 0.6) is 0 Å². The molecular weight excluding hydrogens is 204 g/mol. The van der Waals surface area contributed by atoms with Crippen molar-refractivity contribution < 1.29 is 4.73 Å². The molecule has 78 valence electrons. The summed E-state index contributed by atoms with van der Waals surface area (Å²) < 4.78 is 0.608. The summed E-state index contributed by atoms with van der Waals surface area (Å²) in [5.41, 5.74) is 10.4. The van der Waals surface area contributed by atoms with Gasteiger partial charge in [0.2, 0.25) is 0 Å². The van der Waals surface area contributed by atoms with Crippen LogP contribution in [0.4, 0.5) is 5.69 Å². The highest BCUT2D eigenvalue weighted by atomic mass is 16.5. The third-order valence-electron chi connectivity index (χ3n) is 2.15.